The molecule has 0 radical (unpaired) electrons. The van der Waals surface area contributed by atoms with Gasteiger partial charge in [0.25, 0.3) is 0 Å². The average Bonchev–Trinajstić information content (AvgIpc) is 2.66. The Morgan fingerprint density at radius 3 is 2.62 bits per heavy atom. The van der Waals surface area contributed by atoms with Crippen molar-refractivity contribution in [3.8, 4) is 0 Å². The van der Waals surface area contributed by atoms with Crippen molar-refractivity contribution in [2.24, 2.45) is 5.92 Å². The van der Waals surface area contributed by atoms with Gasteiger partial charge in [-0.05, 0) is 24.5 Å². The molecule has 1 atom stereocenters. The van der Waals surface area contributed by atoms with Gasteiger partial charge in [0.1, 0.15) is 4.90 Å². The number of nitrogen functional groups attached to an aromatic ring is 1. The van der Waals surface area contributed by atoms with E-state index in [0.29, 0.717) is 24.7 Å². The zero-order valence-electron chi connectivity index (χ0n) is 9.26. The summed E-state index contributed by atoms with van der Waals surface area (Å²) in [6.45, 7) is 3.25. The van der Waals surface area contributed by atoms with Gasteiger partial charge in [0.15, 0.2) is 0 Å². The molecule has 0 aliphatic carbocycles. The van der Waals surface area contributed by atoms with Crippen molar-refractivity contribution in [2.45, 2.75) is 18.2 Å². The van der Waals surface area contributed by atoms with E-state index in [-0.39, 0.29) is 4.90 Å². The fourth-order valence-corrected chi connectivity index (χ4v) is 3.66. The first-order valence-corrected chi connectivity index (χ1v) is 6.80. The lowest BCUT2D eigenvalue weighted by Gasteiger charge is -2.17. The van der Waals surface area contributed by atoms with Crippen molar-refractivity contribution < 1.29 is 8.42 Å². The van der Waals surface area contributed by atoms with Crippen LogP contribution in [0.2, 0.25) is 0 Å². The van der Waals surface area contributed by atoms with Crippen molar-refractivity contribution in [3.63, 3.8) is 0 Å². The van der Waals surface area contributed by atoms with E-state index < -0.39 is 10.0 Å². The molecule has 0 amide bonds. The van der Waals surface area contributed by atoms with Crippen LogP contribution in [-0.4, -0.2) is 25.8 Å². The fraction of sp³-hybridized carbons (Fsp3) is 0.455. The summed E-state index contributed by atoms with van der Waals surface area (Å²) in [7, 11) is -3.39. The highest BCUT2D eigenvalue weighted by Gasteiger charge is 2.31. The van der Waals surface area contributed by atoms with Gasteiger partial charge in [0, 0.05) is 13.1 Å². The standard InChI is InChI=1S/C11H16N2O2S/c1-9-6-7-13(8-9)16(14,15)11-5-3-2-4-10(11)12/h2-5,9H,6-8,12H2,1H3. The maximum Gasteiger partial charge on any atom is 0.245 e. The number of hydrogen-bond acceptors (Lipinski definition) is 3. The van der Waals surface area contributed by atoms with Crippen LogP contribution in [0.15, 0.2) is 29.2 Å². The molecule has 1 aromatic rings. The second kappa shape index (κ2) is 4.07. The molecule has 0 saturated carbocycles. The summed E-state index contributed by atoms with van der Waals surface area (Å²) in [4.78, 5) is 0.226. The zero-order chi connectivity index (χ0) is 11.8. The number of anilines is 1. The van der Waals surface area contributed by atoms with Crippen molar-refractivity contribution >= 4 is 15.7 Å². The molecule has 2 rings (SSSR count). The van der Waals surface area contributed by atoms with E-state index in [2.05, 4.69) is 6.92 Å². The van der Waals surface area contributed by atoms with E-state index in [9.17, 15) is 8.42 Å². The number of sulfonamides is 1. The summed E-state index contributed by atoms with van der Waals surface area (Å²) in [5.74, 6) is 0.430. The smallest absolute Gasteiger partial charge is 0.245 e. The molecule has 1 fully saturated rings. The molecule has 0 bridgehead atoms. The molecule has 5 heteroatoms. The SMILES string of the molecule is CC1CCN(S(=O)(=O)c2ccccc2N)C1. The van der Waals surface area contributed by atoms with Crippen LogP contribution < -0.4 is 5.73 Å². The normalized spacial score (nSPS) is 22.4. The van der Waals surface area contributed by atoms with Crippen molar-refractivity contribution in [2.75, 3.05) is 18.8 Å². The maximum atomic E-state index is 12.2. The van der Waals surface area contributed by atoms with Crippen LogP contribution in [0.25, 0.3) is 0 Å². The Labute approximate surface area is 96.1 Å². The van der Waals surface area contributed by atoms with Gasteiger partial charge in [-0.2, -0.15) is 4.31 Å². The summed E-state index contributed by atoms with van der Waals surface area (Å²) in [5.41, 5.74) is 6.02. The molecular weight excluding hydrogens is 224 g/mol. The maximum absolute atomic E-state index is 12.2. The van der Waals surface area contributed by atoms with E-state index in [4.69, 9.17) is 5.73 Å². The predicted octanol–water partition coefficient (Wildman–Crippen LogP) is 1.30. The minimum Gasteiger partial charge on any atom is -0.398 e. The van der Waals surface area contributed by atoms with Crippen LogP contribution in [0.4, 0.5) is 5.69 Å². The van der Waals surface area contributed by atoms with Gasteiger partial charge < -0.3 is 5.73 Å². The monoisotopic (exact) mass is 240 g/mol. The Morgan fingerprint density at radius 2 is 2.06 bits per heavy atom. The second-order valence-electron chi connectivity index (χ2n) is 4.29. The van der Waals surface area contributed by atoms with Crippen LogP contribution in [-0.2, 0) is 10.0 Å². The van der Waals surface area contributed by atoms with Crippen LogP contribution >= 0.6 is 0 Å². The summed E-state index contributed by atoms with van der Waals surface area (Å²) in [5, 5.41) is 0. The highest BCUT2D eigenvalue weighted by Crippen LogP contribution is 2.26. The molecule has 1 aliphatic rings. The number of nitrogens with zero attached hydrogens (tertiary/aromatic N) is 1. The number of para-hydroxylation sites is 1. The van der Waals surface area contributed by atoms with E-state index >= 15 is 0 Å². The Balaban J connectivity index is 2.36. The van der Waals surface area contributed by atoms with E-state index in [0.717, 1.165) is 6.42 Å². The Bertz CT molecular complexity index is 485. The predicted molar refractivity (Wildman–Crippen MR) is 63.4 cm³/mol. The molecule has 1 saturated heterocycles. The van der Waals surface area contributed by atoms with E-state index in [1.165, 1.54) is 4.31 Å². The highest BCUT2D eigenvalue weighted by atomic mass is 32.2. The van der Waals surface area contributed by atoms with Gasteiger partial charge in [-0.15, -0.1) is 0 Å². The van der Waals surface area contributed by atoms with Gasteiger partial charge >= 0.3 is 0 Å². The molecule has 1 aromatic carbocycles. The molecular formula is C11H16N2O2S. The highest BCUT2D eigenvalue weighted by molar-refractivity contribution is 7.89. The van der Waals surface area contributed by atoms with Gasteiger partial charge in [0.2, 0.25) is 10.0 Å². The second-order valence-corrected chi connectivity index (χ2v) is 6.20. The van der Waals surface area contributed by atoms with Gasteiger partial charge in [0.05, 0.1) is 5.69 Å². The summed E-state index contributed by atoms with van der Waals surface area (Å²) in [6, 6.07) is 6.61. The summed E-state index contributed by atoms with van der Waals surface area (Å²) in [6.07, 6.45) is 0.923. The third kappa shape index (κ3) is 1.92. The fourth-order valence-electron chi connectivity index (χ4n) is 1.97. The average molecular weight is 240 g/mol. The number of hydrogen-bond donors (Lipinski definition) is 1. The Hall–Kier alpha value is -1.07. The molecule has 0 spiro atoms. The van der Waals surface area contributed by atoms with Crippen molar-refractivity contribution in [1.29, 1.82) is 0 Å². The molecule has 1 heterocycles. The first-order valence-electron chi connectivity index (χ1n) is 5.36. The lowest BCUT2D eigenvalue weighted by Crippen LogP contribution is -2.29. The lowest BCUT2D eigenvalue weighted by atomic mass is 10.2. The van der Waals surface area contributed by atoms with Crippen LogP contribution in [0.5, 0.6) is 0 Å². The molecule has 1 aliphatic heterocycles. The third-order valence-electron chi connectivity index (χ3n) is 2.92. The summed E-state index contributed by atoms with van der Waals surface area (Å²) < 4.78 is 26.0. The number of rotatable bonds is 2. The largest absolute Gasteiger partial charge is 0.398 e. The molecule has 16 heavy (non-hydrogen) atoms. The Kier molecular flexibility index (Phi) is 2.90. The minimum atomic E-state index is -3.39. The molecule has 88 valence electrons. The van der Waals surface area contributed by atoms with Crippen molar-refractivity contribution in [1.82, 2.24) is 4.31 Å². The van der Waals surface area contributed by atoms with Crippen LogP contribution in [0.3, 0.4) is 0 Å². The number of benzene rings is 1. The first-order chi connectivity index (χ1) is 7.51. The van der Waals surface area contributed by atoms with Gasteiger partial charge in [-0.3, -0.25) is 0 Å². The van der Waals surface area contributed by atoms with E-state index in [1.54, 1.807) is 24.3 Å². The number of nitrogens with two attached hydrogens (primary N) is 1. The van der Waals surface area contributed by atoms with Crippen LogP contribution in [0, 0.1) is 5.92 Å². The first kappa shape index (κ1) is 11.4. The third-order valence-corrected chi connectivity index (χ3v) is 4.86. The minimum absolute atomic E-state index is 0.226. The molecule has 1 unspecified atom stereocenters. The molecule has 2 N–H and O–H groups in total. The molecule has 4 nitrogen and oxygen atoms in total. The van der Waals surface area contributed by atoms with Gasteiger partial charge in [-0.1, -0.05) is 19.1 Å². The topological polar surface area (TPSA) is 63.4 Å². The Morgan fingerprint density at radius 1 is 1.38 bits per heavy atom. The van der Waals surface area contributed by atoms with E-state index in [1.807, 2.05) is 0 Å². The van der Waals surface area contributed by atoms with Gasteiger partial charge in [-0.25, -0.2) is 8.42 Å². The lowest BCUT2D eigenvalue weighted by molar-refractivity contribution is 0.465. The summed E-state index contributed by atoms with van der Waals surface area (Å²) >= 11 is 0. The quantitative estimate of drug-likeness (QED) is 0.792. The molecule has 0 aromatic heterocycles. The van der Waals surface area contributed by atoms with Crippen LogP contribution in [0.1, 0.15) is 13.3 Å². The zero-order valence-corrected chi connectivity index (χ0v) is 10.1. The van der Waals surface area contributed by atoms with Crippen molar-refractivity contribution in [3.05, 3.63) is 24.3 Å².